The lowest BCUT2D eigenvalue weighted by molar-refractivity contribution is 0.533. The largest absolute Gasteiger partial charge is 0.354 e. The minimum absolute atomic E-state index is 0.448. The molecule has 2 aromatic rings. The van der Waals surface area contributed by atoms with Crippen molar-refractivity contribution >= 4 is 39.4 Å². The van der Waals surface area contributed by atoms with Gasteiger partial charge < -0.3 is 10.2 Å². The van der Waals surface area contributed by atoms with E-state index in [1.54, 1.807) is 22.7 Å². The third-order valence-electron chi connectivity index (χ3n) is 3.29. The second-order valence-electron chi connectivity index (χ2n) is 4.90. The zero-order valence-corrected chi connectivity index (χ0v) is 13.3. The maximum atomic E-state index is 6.08. The smallest absolute Gasteiger partial charge is 0.185 e. The maximum absolute atomic E-state index is 6.08. The summed E-state index contributed by atoms with van der Waals surface area (Å²) in [5.41, 5.74) is 1.40. The first-order valence-corrected chi connectivity index (χ1v) is 8.28. The molecule has 3 nitrogen and oxygen atoms in total. The predicted molar refractivity (Wildman–Crippen MR) is 83.7 cm³/mol. The Kier molecular flexibility index (Phi) is 3.80. The number of nitrogens with zero attached hydrogens (tertiary/aromatic N) is 2. The van der Waals surface area contributed by atoms with E-state index < -0.39 is 0 Å². The molecule has 1 aliphatic rings. The number of thiazole rings is 1. The summed E-state index contributed by atoms with van der Waals surface area (Å²) in [6.45, 7) is 0.878. The van der Waals surface area contributed by atoms with Crippen LogP contribution >= 0.6 is 34.3 Å². The number of aromatic nitrogens is 1. The Balaban J connectivity index is 1.63. The molecule has 19 heavy (non-hydrogen) atoms. The molecule has 2 aromatic heterocycles. The minimum Gasteiger partial charge on any atom is -0.354 e. The molecule has 1 atom stereocenters. The van der Waals surface area contributed by atoms with Crippen LogP contribution < -0.4 is 10.2 Å². The molecule has 0 fully saturated rings. The van der Waals surface area contributed by atoms with Crippen LogP contribution in [0.15, 0.2) is 12.3 Å². The summed E-state index contributed by atoms with van der Waals surface area (Å²) in [5.74, 6) is 0. The number of fused-ring (bicyclic) bond motifs is 1. The number of thiophene rings is 1. The van der Waals surface area contributed by atoms with Crippen molar-refractivity contribution in [3.63, 3.8) is 0 Å². The van der Waals surface area contributed by atoms with Crippen LogP contribution in [0.4, 0.5) is 5.13 Å². The number of nitrogens with one attached hydrogen (secondary N) is 1. The van der Waals surface area contributed by atoms with Crippen LogP contribution in [0.5, 0.6) is 0 Å². The monoisotopic (exact) mass is 313 g/mol. The molecule has 0 bridgehead atoms. The van der Waals surface area contributed by atoms with Gasteiger partial charge in [0.05, 0.1) is 4.34 Å². The number of halogens is 1. The highest BCUT2D eigenvalue weighted by molar-refractivity contribution is 7.16. The molecule has 102 valence electrons. The third kappa shape index (κ3) is 2.79. The fraction of sp³-hybridized carbons (Fsp3) is 0.462. The van der Waals surface area contributed by atoms with Gasteiger partial charge in [0.25, 0.3) is 0 Å². The lowest BCUT2D eigenvalue weighted by atomic mass is 10.2. The van der Waals surface area contributed by atoms with Crippen molar-refractivity contribution < 1.29 is 0 Å². The van der Waals surface area contributed by atoms with Crippen LogP contribution in [0, 0.1) is 0 Å². The fourth-order valence-corrected chi connectivity index (χ4v) is 4.49. The Morgan fingerprint density at radius 2 is 2.32 bits per heavy atom. The number of aryl methyl sites for hydroxylation is 1. The Morgan fingerprint density at radius 3 is 3.05 bits per heavy atom. The van der Waals surface area contributed by atoms with E-state index in [1.807, 2.05) is 25.2 Å². The van der Waals surface area contributed by atoms with E-state index in [9.17, 15) is 0 Å². The number of anilines is 1. The molecule has 0 aromatic carbocycles. The van der Waals surface area contributed by atoms with Crippen LogP contribution in [0.3, 0.4) is 0 Å². The number of rotatable bonds is 4. The van der Waals surface area contributed by atoms with E-state index in [2.05, 4.69) is 16.4 Å². The summed E-state index contributed by atoms with van der Waals surface area (Å²) in [7, 11) is 4.04. The number of hydrogen-bond acceptors (Lipinski definition) is 5. The van der Waals surface area contributed by atoms with Gasteiger partial charge in [-0.2, -0.15) is 0 Å². The Hall–Kier alpha value is -0.620. The normalized spacial score (nSPS) is 17.7. The first-order valence-electron chi connectivity index (χ1n) is 6.27. The quantitative estimate of drug-likeness (QED) is 0.933. The fourth-order valence-electron chi connectivity index (χ4n) is 2.35. The zero-order chi connectivity index (χ0) is 13.4. The Labute approximate surface area is 126 Å². The van der Waals surface area contributed by atoms with Gasteiger partial charge in [-0.1, -0.05) is 11.6 Å². The Bertz CT molecular complexity index is 576. The molecule has 3 rings (SSSR count). The minimum atomic E-state index is 0.448. The van der Waals surface area contributed by atoms with Crippen molar-refractivity contribution in [2.24, 2.45) is 0 Å². The van der Waals surface area contributed by atoms with Crippen LogP contribution in [-0.2, 0) is 13.0 Å². The maximum Gasteiger partial charge on any atom is 0.185 e. The topological polar surface area (TPSA) is 28.2 Å². The Morgan fingerprint density at radius 1 is 1.47 bits per heavy atom. The molecular weight excluding hydrogens is 298 g/mol. The molecule has 0 radical (unpaired) electrons. The average Bonchev–Trinajstić information content (AvgIpc) is 3.01. The van der Waals surface area contributed by atoms with Gasteiger partial charge in [-0.15, -0.1) is 22.7 Å². The second-order valence-corrected chi connectivity index (χ2v) is 7.77. The first-order chi connectivity index (χ1) is 9.13. The van der Waals surface area contributed by atoms with Gasteiger partial charge in [0.15, 0.2) is 5.13 Å². The van der Waals surface area contributed by atoms with Gasteiger partial charge in [-0.25, -0.2) is 4.98 Å². The summed E-state index contributed by atoms with van der Waals surface area (Å²) in [6, 6.07) is 2.56. The van der Waals surface area contributed by atoms with E-state index in [0.29, 0.717) is 6.04 Å². The van der Waals surface area contributed by atoms with Gasteiger partial charge >= 0.3 is 0 Å². The molecule has 6 heteroatoms. The SMILES string of the molecule is CN(C)c1ncc(CNC2CCc3sc(Cl)cc32)s1. The summed E-state index contributed by atoms with van der Waals surface area (Å²) >= 11 is 9.54. The van der Waals surface area contributed by atoms with Gasteiger partial charge in [0.2, 0.25) is 0 Å². The summed E-state index contributed by atoms with van der Waals surface area (Å²) in [5, 5.41) is 4.68. The summed E-state index contributed by atoms with van der Waals surface area (Å²) in [6.07, 6.45) is 4.29. The molecular formula is C13H16ClN3S2. The van der Waals surface area contributed by atoms with E-state index in [4.69, 9.17) is 11.6 Å². The van der Waals surface area contributed by atoms with Crippen LogP contribution in [-0.4, -0.2) is 19.1 Å². The van der Waals surface area contributed by atoms with Gasteiger partial charge in [0, 0.05) is 42.6 Å². The molecule has 0 amide bonds. The average molecular weight is 314 g/mol. The van der Waals surface area contributed by atoms with Crippen molar-refractivity contribution in [1.82, 2.24) is 10.3 Å². The first kappa shape index (κ1) is 13.4. The van der Waals surface area contributed by atoms with Gasteiger partial charge in [-0.3, -0.25) is 0 Å². The highest BCUT2D eigenvalue weighted by Gasteiger charge is 2.24. The van der Waals surface area contributed by atoms with Crippen LogP contribution in [0.25, 0.3) is 0 Å². The zero-order valence-electron chi connectivity index (χ0n) is 10.9. The van der Waals surface area contributed by atoms with Crippen molar-refractivity contribution in [3.05, 3.63) is 31.9 Å². The molecule has 0 spiro atoms. The molecule has 0 aliphatic heterocycles. The molecule has 1 aliphatic carbocycles. The van der Waals surface area contributed by atoms with Crippen molar-refractivity contribution in [3.8, 4) is 0 Å². The number of hydrogen-bond donors (Lipinski definition) is 1. The van der Waals surface area contributed by atoms with E-state index in [1.165, 1.54) is 21.7 Å². The van der Waals surface area contributed by atoms with Crippen molar-refractivity contribution in [1.29, 1.82) is 0 Å². The molecule has 2 heterocycles. The lowest BCUT2D eigenvalue weighted by Gasteiger charge is -2.11. The van der Waals surface area contributed by atoms with E-state index in [-0.39, 0.29) is 0 Å². The standard InChI is InChI=1S/C13H16ClN3S2/c1-17(2)13-16-7-8(18-13)6-15-10-3-4-11-9(10)5-12(14)19-11/h5,7,10,15H,3-4,6H2,1-2H3. The van der Waals surface area contributed by atoms with Crippen LogP contribution in [0.1, 0.15) is 27.8 Å². The highest BCUT2D eigenvalue weighted by atomic mass is 35.5. The molecule has 1 unspecified atom stereocenters. The van der Waals surface area contributed by atoms with Gasteiger partial charge in [-0.05, 0) is 24.5 Å². The van der Waals surface area contributed by atoms with Gasteiger partial charge in [0.1, 0.15) is 0 Å². The van der Waals surface area contributed by atoms with Crippen molar-refractivity contribution in [2.75, 3.05) is 19.0 Å². The highest BCUT2D eigenvalue weighted by Crippen LogP contribution is 2.39. The predicted octanol–water partition coefficient (Wildman–Crippen LogP) is 3.70. The van der Waals surface area contributed by atoms with E-state index in [0.717, 1.165) is 22.4 Å². The molecule has 0 saturated carbocycles. The van der Waals surface area contributed by atoms with E-state index >= 15 is 0 Å². The molecule has 0 saturated heterocycles. The summed E-state index contributed by atoms with van der Waals surface area (Å²) < 4.78 is 0.907. The molecule has 1 N–H and O–H groups in total. The second kappa shape index (κ2) is 5.40. The third-order valence-corrected chi connectivity index (χ3v) is 5.80. The summed E-state index contributed by atoms with van der Waals surface area (Å²) in [4.78, 5) is 9.16. The van der Waals surface area contributed by atoms with Crippen molar-refractivity contribution in [2.45, 2.75) is 25.4 Å². The van der Waals surface area contributed by atoms with Crippen LogP contribution in [0.2, 0.25) is 4.34 Å². The lowest BCUT2D eigenvalue weighted by Crippen LogP contribution is -2.17.